The lowest BCUT2D eigenvalue weighted by atomic mass is 10.1. The zero-order valence-corrected chi connectivity index (χ0v) is 14.4. The number of nitrogens with zero attached hydrogens (tertiary/aromatic N) is 4. The van der Waals surface area contributed by atoms with Crippen LogP contribution in [0.4, 0.5) is 13.2 Å². The zero-order valence-electron chi connectivity index (χ0n) is 13.6. The molecule has 0 N–H and O–H groups in total. The minimum Gasteiger partial charge on any atom is -0.329 e. The Morgan fingerprint density at radius 1 is 1.24 bits per heavy atom. The Morgan fingerprint density at radius 2 is 1.96 bits per heavy atom. The average molecular weight is 373 g/mol. The average Bonchev–Trinajstić information content (AvgIpc) is 2.96. The number of carbonyl (C=O) groups excluding carboxylic acids is 1. The number of amides is 1. The number of rotatable bonds is 2. The SMILES string of the molecule is CC(C)c1nnc2n1CCN(C(=O)c1cccc(C(F)(F)F)c1Cl)C2. The summed E-state index contributed by atoms with van der Waals surface area (Å²) < 4.78 is 40.9. The summed E-state index contributed by atoms with van der Waals surface area (Å²) in [6.45, 7) is 5.04. The normalized spacial score (nSPS) is 14.8. The molecular weight excluding hydrogens is 357 g/mol. The van der Waals surface area contributed by atoms with Gasteiger partial charge >= 0.3 is 6.18 Å². The van der Waals surface area contributed by atoms with Gasteiger partial charge in [-0.15, -0.1) is 10.2 Å². The second-order valence-corrected chi connectivity index (χ2v) is 6.55. The molecule has 134 valence electrons. The molecule has 1 aromatic heterocycles. The Morgan fingerprint density at radius 3 is 2.60 bits per heavy atom. The van der Waals surface area contributed by atoms with Crippen LogP contribution in [-0.4, -0.2) is 32.1 Å². The quantitative estimate of drug-likeness (QED) is 0.807. The monoisotopic (exact) mass is 372 g/mol. The van der Waals surface area contributed by atoms with E-state index in [-0.39, 0.29) is 18.0 Å². The summed E-state index contributed by atoms with van der Waals surface area (Å²) in [6, 6.07) is 3.35. The smallest absolute Gasteiger partial charge is 0.329 e. The molecule has 9 heteroatoms. The molecule has 0 spiro atoms. The van der Waals surface area contributed by atoms with E-state index in [2.05, 4.69) is 10.2 Å². The molecule has 3 rings (SSSR count). The Hall–Kier alpha value is -2.09. The van der Waals surface area contributed by atoms with Gasteiger partial charge in [-0.05, 0) is 12.1 Å². The van der Waals surface area contributed by atoms with Crippen LogP contribution in [0.2, 0.25) is 5.02 Å². The molecule has 1 aromatic carbocycles. The van der Waals surface area contributed by atoms with Gasteiger partial charge < -0.3 is 9.47 Å². The first-order valence-electron chi connectivity index (χ1n) is 7.77. The maximum absolute atomic E-state index is 13.0. The molecule has 0 fully saturated rings. The van der Waals surface area contributed by atoms with Gasteiger partial charge in [-0.1, -0.05) is 31.5 Å². The molecule has 0 atom stereocenters. The topological polar surface area (TPSA) is 51.0 Å². The first-order valence-corrected chi connectivity index (χ1v) is 8.15. The summed E-state index contributed by atoms with van der Waals surface area (Å²) in [5.74, 6) is 1.10. The van der Waals surface area contributed by atoms with Gasteiger partial charge in [0.25, 0.3) is 5.91 Å². The molecule has 0 unspecified atom stereocenters. The lowest BCUT2D eigenvalue weighted by molar-refractivity contribution is -0.137. The van der Waals surface area contributed by atoms with E-state index < -0.39 is 22.7 Å². The van der Waals surface area contributed by atoms with Crippen molar-refractivity contribution >= 4 is 17.5 Å². The van der Waals surface area contributed by atoms with Crippen LogP contribution in [0.5, 0.6) is 0 Å². The lowest BCUT2D eigenvalue weighted by Gasteiger charge is -2.28. The van der Waals surface area contributed by atoms with E-state index >= 15 is 0 Å². The van der Waals surface area contributed by atoms with Gasteiger partial charge in [-0.2, -0.15) is 13.2 Å². The van der Waals surface area contributed by atoms with E-state index in [1.807, 2.05) is 18.4 Å². The number of fused-ring (bicyclic) bond motifs is 1. The Kier molecular flexibility index (Phi) is 4.49. The third-order valence-corrected chi connectivity index (χ3v) is 4.53. The highest BCUT2D eigenvalue weighted by Gasteiger charge is 2.35. The van der Waals surface area contributed by atoms with Gasteiger partial charge in [0.2, 0.25) is 0 Å². The van der Waals surface area contributed by atoms with Crippen molar-refractivity contribution in [1.29, 1.82) is 0 Å². The van der Waals surface area contributed by atoms with Crippen molar-refractivity contribution in [1.82, 2.24) is 19.7 Å². The number of alkyl halides is 3. The van der Waals surface area contributed by atoms with Crippen molar-refractivity contribution in [3.05, 3.63) is 46.0 Å². The summed E-state index contributed by atoms with van der Waals surface area (Å²) in [4.78, 5) is 14.1. The summed E-state index contributed by atoms with van der Waals surface area (Å²) in [6.07, 6.45) is -4.61. The second-order valence-electron chi connectivity index (χ2n) is 6.17. The molecular formula is C16H16ClF3N4O. The molecule has 0 aliphatic carbocycles. The summed E-state index contributed by atoms with van der Waals surface area (Å²) in [5, 5.41) is 7.64. The molecule has 0 saturated heterocycles. The standard InChI is InChI=1S/C16H16ClF3N4O/c1-9(2)14-22-21-12-8-23(6-7-24(12)14)15(25)10-4-3-5-11(13(10)17)16(18,19)20/h3-5,9H,6-8H2,1-2H3. The molecule has 0 radical (unpaired) electrons. The van der Waals surface area contributed by atoms with Crippen LogP contribution in [0.1, 0.15) is 47.3 Å². The number of benzene rings is 1. The number of carbonyl (C=O) groups is 1. The van der Waals surface area contributed by atoms with Crippen LogP contribution < -0.4 is 0 Å². The molecule has 2 heterocycles. The van der Waals surface area contributed by atoms with Gasteiger partial charge in [-0.3, -0.25) is 4.79 Å². The first kappa shape index (κ1) is 17.7. The molecule has 0 saturated carbocycles. The number of hydrogen-bond donors (Lipinski definition) is 0. The van der Waals surface area contributed by atoms with Gasteiger partial charge in [0.1, 0.15) is 5.82 Å². The predicted octanol–water partition coefficient (Wildman–Crippen LogP) is 3.73. The lowest BCUT2D eigenvalue weighted by Crippen LogP contribution is -2.39. The Balaban J connectivity index is 1.88. The minimum absolute atomic E-state index is 0.159. The van der Waals surface area contributed by atoms with E-state index in [9.17, 15) is 18.0 Å². The fourth-order valence-corrected chi connectivity index (χ4v) is 3.18. The Labute approximate surface area is 147 Å². The van der Waals surface area contributed by atoms with Crippen molar-refractivity contribution < 1.29 is 18.0 Å². The van der Waals surface area contributed by atoms with Crippen molar-refractivity contribution in [2.45, 2.75) is 39.0 Å². The van der Waals surface area contributed by atoms with Crippen LogP contribution in [0.25, 0.3) is 0 Å². The highest BCUT2D eigenvalue weighted by Crippen LogP contribution is 2.36. The first-order chi connectivity index (χ1) is 11.7. The van der Waals surface area contributed by atoms with E-state index in [0.29, 0.717) is 18.9 Å². The molecule has 1 aliphatic heterocycles. The molecule has 1 amide bonds. The van der Waals surface area contributed by atoms with Crippen LogP contribution in [0, 0.1) is 0 Å². The van der Waals surface area contributed by atoms with Crippen molar-refractivity contribution in [3.8, 4) is 0 Å². The van der Waals surface area contributed by atoms with E-state index in [0.717, 1.165) is 11.9 Å². The summed E-state index contributed by atoms with van der Waals surface area (Å²) in [7, 11) is 0. The van der Waals surface area contributed by atoms with Crippen molar-refractivity contribution in [2.24, 2.45) is 0 Å². The van der Waals surface area contributed by atoms with Crippen LogP contribution in [-0.2, 0) is 19.3 Å². The highest BCUT2D eigenvalue weighted by molar-refractivity contribution is 6.34. The molecule has 2 aromatic rings. The third-order valence-electron chi connectivity index (χ3n) is 4.12. The third kappa shape index (κ3) is 3.22. The van der Waals surface area contributed by atoms with E-state index in [4.69, 9.17) is 11.6 Å². The van der Waals surface area contributed by atoms with Crippen LogP contribution in [0.15, 0.2) is 18.2 Å². The van der Waals surface area contributed by atoms with Crippen molar-refractivity contribution in [3.63, 3.8) is 0 Å². The zero-order chi connectivity index (χ0) is 18.4. The van der Waals surface area contributed by atoms with Crippen LogP contribution >= 0.6 is 11.6 Å². The predicted molar refractivity (Wildman–Crippen MR) is 85.3 cm³/mol. The molecule has 25 heavy (non-hydrogen) atoms. The molecule has 0 bridgehead atoms. The van der Waals surface area contributed by atoms with Gasteiger partial charge in [0.05, 0.1) is 22.7 Å². The molecule has 1 aliphatic rings. The second kappa shape index (κ2) is 6.33. The number of halogens is 4. The van der Waals surface area contributed by atoms with Gasteiger partial charge in [0.15, 0.2) is 5.82 Å². The van der Waals surface area contributed by atoms with E-state index in [1.54, 1.807) is 0 Å². The van der Waals surface area contributed by atoms with E-state index in [1.165, 1.54) is 17.0 Å². The highest BCUT2D eigenvalue weighted by atomic mass is 35.5. The number of hydrogen-bond acceptors (Lipinski definition) is 3. The van der Waals surface area contributed by atoms with Crippen molar-refractivity contribution in [2.75, 3.05) is 6.54 Å². The summed E-state index contributed by atoms with van der Waals surface area (Å²) in [5.41, 5.74) is -1.17. The summed E-state index contributed by atoms with van der Waals surface area (Å²) >= 11 is 5.85. The molecule has 5 nitrogen and oxygen atoms in total. The maximum atomic E-state index is 13.0. The number of aromatic nitrogens is 3. The van der Waals surface area contributed by atoms with Crippen LogP contribution in [0.3, 0.4) is 0 Å². The fourth-order valence-electron chi connectivity index (χ4n) is 2.87. The largest absolute Gasteiger partial charge is 0.417 e. The fraction of sp³-hybridized carbons (Fsp3) is 0.438. The van der Waals surface area contributed by atoms with Gasteiger partial charge in [-0.25, -0.2) is 0 Å². The Bertz CT molecular complexity index is 816. The van der Waals surface area contributed by atoms with Gasteiger partial charge in [0, 0.05) is 19.0 Å². The minimum atomic E-state index is -4.61. The maximum Gasteiger partial charge on any atom is 0.417 e.